The number of alkyl halides is 3. The molecule has 11 heteroatoms. The van der Waals surface area contributed by atoms with Gasteiger partial charge in [0.15, 0.2) is 5.95 Å². The fourth-order valence-corrected chi connectivity index (χ4v) is 3.43. The molecule has 1 aromatic carbocycles. The first-order valence-corrected chi connectivity index (χ1v) is 8.99. The first kappa shape index (κ1) is 18.5. The summed E-state index contributed by atoms with van der Waals surface area (Å²) in [6.45, 7) is 1.38. The quantitative estimate of drug-likeness (QED) is 0.768. The van der Waals surface area contributed by atoms with Crippen LogP contribution in [0, 0.1) is 0 Å². The summed E-state index contributed by atoms with van der Waals surface area (Å²) in [7, 11) is -2.68. The number of imidazole rings is 1. The maximum Gasteiger partial charge on any atom is 0.416 e. The Balaban J connectivity index is 1.93. The van der Waals surface area contributed by atoms with E-state index in [1.165, 1.54) is 16.6 Å². The standard InChI is InChI=1S/C15H18F3N5O2S/c16-15(17,18)12-2-1-11(10-22-4-3-20-14(22)19)13(9-12)21-5-7-23(8-6-21)26(24)25/h1-4,9,26H,5-8,10H2,(H2,19,20). The smallest absolute Gasteiger partial charge is 0.369 e. The number of rotatable bonds is 4. The maximum atomic E-state index is 13.1. The monoisotopic (exact) mass is 389 g/mol. The van der Waals surface area contributed by atoms with E-state index in [0.29, 0.717) is 24.3 Å². The van der Waals surface area contributed by atoms with E-state index in [1.54, 1.807) is 15.7 Å². The average Bonchev–Trinajstić information content (AvgIpc) is 2.99. The van der Waals surface area contributed by atoms with Crippen molar-refractivity contribution in [2.75, 3.05) is 36.8 Å². The first-order valence-electron chi connectivity index (χ1n) is 7.86. The van der Waals surface area contributed by atoms with Crippen molar-refractivity contribution in [2.45, 2.75) is 12.7 Å². The Morgan fingerprint density at radius 3 is 2.38 bits per heavy atom. The highest BCUT2D eigenvalue weighted by Crippen LogP contribution is 2.34. The van der Waals surface area contributed by atoms with Crippen LogP contribution in [0.15, 0.2) is 30.6 Å². The second-order valence-corrected chi connectivity index (χ2v) is 6.97. The summed E-state index contributed by atoms with van der Waals surface area (Å²) in [5, 5.41) is 0. The third-order valence-electron chi connectivity index (χ3n) is 4.33. The number of halogens is 3. The van der Waals surface area contributed by atoms with Gasteiger partial charge in [-0.2, -0.15) is 13.2 Å². The van der Waals surface area contributed by atoms with E-state index < -0.39 is 22.6 Å². The van der Waals surface area contributed by atoms with Crippen molar-refractivity contribution in [3.8, 4) is 0 Å². The van der Waals surface area contributed by atoms with Gasteiger partial charge in [0.2, 0.25) is 10.9 Å². The Kier molecular flexibility index (Phi) is 5.10. The molecule has 2 heterocycles. The van der Waals surface area contributed by atoms with Gasteiger partial charge in [0, 0.05) is 44.3 Å². The van der Waals surface area contributed by atoms with Crippen LogP contribution in [0.3, 0.4) is 0 Å². The molecule has 0 amide bonds. The van der Waals surface area contributed by atoms with Gasteiger partial charge in [0.25, 0.3) is 0 Å². The molecule has 0 unspecified atom stereocenters. The number of aromatic nitrogens is 2. The fourth-order valence-electron chi connectivity index (χ4n) is 2.93. The van der Waals surface area contributed by atoms with Crippen molar-refractivity contribution in [1.82, 2.24) is 13.9 Å². The molecule has 0 atom stereocenters. The number of nitrogen functional groups attached to an aromatic ring is 1. The first-order chi connectivity index (χ1) is 12.3. The Labute approximate surface area is 149 Å². The maximum absolute atomic E-state index is 13.1. The van der Waals surface area contributed by atoms with Gasteiger partial charge in [-0.25, -0.2) is 17.7 Å². The highest BCUT2D eigenvalue weighted by molar-refractivity contribution is 7.69. The minimum Gasteiger partial charge on any atom is -0.369 e. The zero-order valence-electron chi connectivity index (χ0n) is 13.7. The van der Waals surface area contributed by atoms with Crippen LogP contribution >= 0.6 is 0 Å². The lowest BCUT2D eigenvalue weighted by Crippen LogP contribution is -2.46. The van der Waals surface area contributed by atoms with Crippen LogP contribution in [-0.2, 0) is 23.6 Å². The van der Waals surface area contributed by atoms with E-state index in [9.17, 15) is 21.6 Å². The molecular weight excluding hydrogens is 371 g/mol. The van der Waals surface area contributed by atoms with Gasteiger partial charge in [-0.3, -0.25) is 0 Å². The van der Waals surface area contributed by atoms with Gasteiger partial charge >= 0.3 is 6.18 Å². The second-order valence-electron chi connectivity index (χ2n) is 5.93. The van der Waals surface area contributed by atoms with Gasteiger partial charge in [0.05, 0.1) is 12.1 Å². The van der Waals surface area contributed by atoms with E-state index in [-0.39, 0.29) is 25.6 Å². The van der Waals surface area contributed by atoms with Crippen molar-refractivity contribution >= 4 is 22.5 Å². The van der Waals surface area contributed by atoms with Crippen LogP contribution in [0.5, 0.6) is 0 Å². The van der Waals surface area contributed by atoms with Crippen LogP contribution in [-0.4, -0.2) is 48.5 Å². The van der Waals surface area contributed by atoms with Gasteiger partial charge in [-0.1, -0.05) is 6.07 Å². The molecular formula is C15H18F3N5O2S. The molecule has 142 valence electrons. The summed E-state index contributed by atoms with van der Waals surface area (Å²) in [5.41, 5.74) is 6.09. The SMILES string of the molecule is Nc1nccn1Cc1ccc(C(F)(F)F)cc1N1CCN([SH](=O)=O)CC1. The third kappa shape index (κ3) is 3.93. The Hall–Kier alpha value is -2.27. The molecule has 0 radical (unpaired) electrons. The number of hydrogen-bond donors (Lipinski definition) is 2. The van der Waals surface area contributed by atoms with Gasteiger partial charge in [-0.05, 0) is 17.7 Å². The molecule has 1 saturated heterocycles. The molecule has 2 N–H and O–H groups in total. The Morgan fingerprint density at radius 2 is 1.85 bits per heavy atom. The molecule has 3 rings (SSSR count). The van der Waals surface area contributed by atoms with E-state index in [4.69, 9.17) is 5.73 Å². The van der Waals surface area contributed by atoms with Crippen molar-refractivity contribution in [3.63, 3.8) is 0 Å². The van der Waals surface area contributed by atoms with Crippen molar-refractivity contribution in [2.24, 2.45) is 0 Å². The van der Waals surface area contributed by atoms with E-state index in [0.717, 1.165) is 12.1 Å². The van der Waals surface area contributed by atoms with Crippen molar-refractivity contribution in [1.29, 1.82) is 0 Å². The zero-order valence-corrected chi connectivity index (χ0v) is 14.6. The lowest BCUT2D eigenvalue weighted by molar-refractivity contribution is -0.137. The molecule has 0 saturated carbocycles. The molecule has 1 aromatic heterocycles. The van der Waals surface area contributed by atoms with Crippen molar-refractivity contribution < 1.29 is 21.6 Å². The fraction of sp³-hybridized carbons (Fsp3) is 0.400. The number of anilines is 2. The Bertz CT molecular complexity index is 849. The number of piperazine rings is 1. The van der Waals surface area contributed by atoms with Crippen LogP contribution < -0.4 is 10.6 Å². The van der Waals surface area contributed by atoms with E-state index >= 15 is 0 Å². The minimum absolute atomic E-state index is 0.238. The highest BCUT2D eigenvalue weighted by Gasteiger charge is 2.32. The molecule has 1 fully saturated rings. The molecule has 1 aliphatic rings. The number of nitrogens with two attached hydrogens (primary N) is 1. The van der Waals surface area contributed by atoms with Crippen LogP contribution in [0.2, 0.25) is 0 Å². The summed E-state index contributed by atoms with van der Waals surface area (Å²) in [6, 6.07) is 3.57. The van der Waals surface area contributed by atoms with Crippen LogP contribution in [0.1, 0.15) is 11.1 Å². The van der Waals surface area contributed by atoms with Crippen molar-refractivity contribution in [3.05, 3.63) is 41.7 Å². The van der Waals surface area contributed by atoms with Gasteiger partial charge in [0.1, 0.15) is 0 Å². The summed E-state index contributed by atoms with van der Waals surface area (Å²) in [6.07, 6.45) is -1.29. The van der Waals surface area contributed by atoms with Gasteiger partial charge < -0.3 is 15.2 Å². The van der Waals surface area contributed by atoms with E-state index in [2.05, 4.69) is 4.98 Å². The van der Waals surface area contributed by atoms with Crippen LogP contribution in [0.25, 0.3) is 0 Å². The predicted molar refractivity (Wildman–Crippen MR) is 91.3 cm³/mol. The molecule has 26 heavy (non-hydrogen) atoms. The predicted octanol–water partition coefficient (Wildman–Crippen LogP) is 1.18. The lowest BCUT2D eigenvalue weighted by Gasteiger charge is -2.34. The largest absolute Gasteiger partial charge is 0.416 e. The summed E-state index contributed by atoms with van der Waals surface area (Å²) in [5.74, 6) is 0.268. The average molecular weight is 389 g/mol. The molecule has 1 aliphatic heterocycles. The number of hydrogen-bond acceptors (Lipinski definition) is 5. The summed E-state index contributed by atoms with van der Waals surface area (Å²) in [4.78, 5) is 5.69. The number of benzene rings is 1. The molecule has 0 spiro atoms. The molecule has 2 aromatic rings. The number of thiol groups is 1. The molecule has 0 bridgehead atoms. The van der Waals surface area contributed by atoms with E-state index in [1.807, 2.05) is 0 Å². The van der Waals surface area contributed by atoms with Crippen LogP contribution in [0.4, 0.5) is 24.8 Å². The third-order valence-corrected chi connectivity index (χ3v) is 5.19. The lowest BCUT2D eigenvalue weighted by atomic mass is 10.1. The minimum atomic E-state index is -4.46. The number of nitrogens with zero attached hydrogens (tertiary/aromatic N) is 4. The summed E-state index contributed by atoms with van der Waals surface area (Å²) < 4.78 is 64.5. The summed E-state index contributed by atoms with van der Waals surface area (Å²) >= 11 is 0. The van der Waals surface area contributed by atoms with Gasteiger partial charge in [-0.15, -0.1) is 0 Å². The zero-order chi connectivity index (χ0) is 18.9. The Morgan fingerprint density at radius 1 is 1.15 bits per heavy atom. The molecule has 7 nitrogen and oxygen atoms in total. The topological polar surface area (TPSA) is 84.5 Å². The normalized spacial score (nSPS) is 16.4. The second kappa shape index (κ2) is 7.16. The highest BCUT2D eigenvalue weighted by atomic mass is 32.2. The molecule has 0 aliphatic carbocycles.